The van der Waals surface area contributed by atoms with Gasteiger partial charge in [0.2, 0.25) is 0 Å². The molecule has 0 aliphatic heterocycles. The van der Waals surface area contributed by atoms with Gasteiger partial charge in [0.1, 0.15) is 0 Å². The summed E-state index contributed by atoms with van der Waals surface area (Å²) in [5, 5.41) is 0. The van der Waals surface area contributed by atoms with Gasteiger partial charge in [-0.25, -0.2) is 0 Å². The molecule has 0 aromatic heterocycles. The number of rotatable bonds is 0. The van der Waals surface area contributed by atoms with Crippen molar-refractivity contribution in [3.63, 3.8) is 0 Å². The van der Waals surface area contributed by atoms with Crippen LogP contribution in [0.3, 0.4) is 0 Å². The molecule has 5 heavy (non-hydrogen) atoms. The molecule has 0 aromatic carbocycles. The van der Waals surface area contributed by atoms with Gasteiger partial charge >= 0.3 is 47.5 Å². The van der Waals surface area contributed by atoms with Crippen LogP contribution in [0.2, 0.25) is 0 Å². The summed E-state index contributed by atoms with van der Waals surface area (Å²) in [6.07, 6.45) is 0. The van der Waals surface area contributed by atoms with Gasteiger partial charge in [0.15, 0.2) is 0 Å². The van der Waals surface area contributed by atoms with Crippen molar-refractivity contribution in [2.75, 3.05) is 0 Å². The first-order valence-corrected chi connectivity index (χ1v) is 3.35. The maximum atomic E-state index is 8.59. The SMILES string of the molecule is O=[Te]([O-])[O-].[Mn+2]. The molecule has 1 radical (unpaired) electrons. The Bertz CT molecular complexity index is 29.9. The molecule has 0 heterocycles. The first-order chi connectivity index (χ1) is 1.73. The summed E-state index contributed by atoms with van der Waals surface area (Å²) in [5.74, 6) is 0. The standard InChI is InChI=1S/Mn.H2O3Te/c;1-4(2)3/h;(H2,1,2,3)/q+2;/p-2. The third kappa shape index (κ3) is 43.6. The van der Waals surface area contributed by atoms with E-state index < -0.39 is 20.4 Å². The molecule has 0 rings (SSSR count). The topological polar surface area (TPSA) is 63.2 Å². The molecule has 0 aliphatic carbocycles. The Morgan fingerprint density at radius 2 is 1.40 bits per heavy atom. The maximum absolute atomic E-state index is 8.59. The molecule has 0 N–H and O–H groups in total. The Balaban J connectivity index is 0. The normalized spacial score (nSPS) is 7.00. The summed E-state index contributed by atoms with van der Waals surface area (Å²) in [4.78, 5) is 0. The molecule has 0 fully saturated rings. The molecular formula is MnO3Te. The summed E-state index contributed by atoms with van der Waals surface area (Å²) < 4.78 is 25.8. The van der Waals surface area contributed by atoms with Gasteiger partial charge in [0.05, 0.1) is 0 Å². The zero-order chi connectivity index (χ0) is 3.58. The number of hydrogen-bond donors (Lipinski definition) is 0. The molecule has 0 saturated heterocycles. The number of hydrogen-bond acceptors (Lipinski definition) is 3. The monoisotopic (exact) mass is 233 g/mol. The van der Waals surface area contributed by atoms with E-state index in [1.165, 1.54) is 0 Å². The fourth-order valence-corrected chi connectivity index (χ4v) is 0. The van der Waals surface area contributed by atoms with Gasteiger partial charge in [-0.05, 0) is 0 Å². The Hall–Kier alpha value is 1.03. The van der Waals surface area contributed by atoms with Crippen molar-refractivity contribution in [2.24, 2.45) is 0 Å². The molecule has 3 nitrogen and oxygen atoms in total. The van der Waals surface area contributed by atoms with E-state index in [9.17, 15) is 0 Å². The smallest absolute Gasteiger partial charge is 2.00 e. The van der Waals surface area contributed by atoms with E-state index in [1.807, 2.05) is 0 Å². The van der Waals surface area contributed by atoms with Crippen molar-refractivity contribution in [3.8, 4) is 0 Å². The minimum absolute atomic E-state index is 0. The molecule has 0 aliphatic rings. The van der Waals surface area contributed by atoms with Crippen molar-refractivity contribution >= 4 is 20.4 Å². The molecule has 0 saturated carbocycles. The van der Waals surface area contributed by atoms with E-state index in [0.29, 0.717) is 0 Å². The van der Waals surface area contributed by atoms with Crippen LogP contribution in [0.25, 0.3) is 0 Å². The quantitative estimate of drug-likeness (QED) is 0.420. The molecular weight excluding hydrogens is 231 g/mol. The summed E-state index contributed by atoms with van der Waals surface area (Å²) in [5.41, 5.74) is 0. The first kappa shape index (κ1) is 9.39. The molecule has 0 atom stereocenters. The van der Waals surface area contributed by atoms with E-state index in [0.717, 1.165) is 0 Å². The van der Waals surface area contributed by atoms with Crippen LogP contribution in [-0.2, 0) is 20.2 Å². The van der Waals surface area contributed by atoms with Crippen molar-refractivity contribution in [1.29, 1.82) is 0 Å². The predicted octanol–water partition coefficient (Wildman–Crippen LogP) is -2.88. The Morgan fingerprint density at radius 3 is 1.40 bits per heavy atom. The van der Waals surface area contributed by atoms with E-state index in [2.05, 4.69) is 0 Å². The van der Waals surface area contributed by atoms with E-state index in [4.69, 9.17) is 10.0 Å². The van der Waals surface area contributed by atoms with Crippen LogP contribution in [0.5, 0.6) is 0 Å². The minimum atomic E-state index is -4.11. The van der Waals surface area contributed by atoms with Crippen molar-refractivity contribution in [3.05, 3.63) is 0 Å². The molecule has 0 spiro atoms. The van der Waals surface area contributed by atoms with Crippen molar-refractivity contribution in [2.45, 2.75) is 0 Å². The summed E-state index contributed by atoms with van der Waals surface area (Å²) >= 11 is -4.11. The van der Waals surface area contributed by atoms with Crippen LogP contribution in [0, 0.1) is 0 Å². The molecule has 31 valence electrons. The average molecular weight is 231 g/mol. The van der Waals surface area contributed by atoms with Gasteiger partial charge in [0, 0.05) is 0 Å². The van der Waals surface area contributed by atoms with Gasteiger partial charge in [-0.15, -0.1) is 0 Å². The zero-order valence-corrected chi connectivity index (χ0v) is 5.52. The zero-order valence-electron chi connectivity index (χ0n) is 2.01. The van der Waals surface area contributed by atoms with E-state index in [1.54, 1.807) is 0 Å². The minimum Gasteiger partial charge on any atom is 2.00 e. The molecule has 0 bridgehead atoms. The largest absolute Gasteiger partial charge is 2.00 e. The average Bonchev–Trinajstić information content (AvgIpc) is 0.811. The fourth-order valence-electron chi connectivity index (χ4n) is 0. The van der Waals surface area contributed by atoms with Gasteiger partial charge in [0.25, 0.3) is 0 Å². The van der Waals surface area contributed by atoms with Crippen molar-refractivity contribution in [1.82, 2.24) is 0 Å². The maximum Gasteiger partial charge on any atom is 2.00 e. The fraction of sp³-hybridized carbons (Fsp3) is 0. The van der Waals surface area contributed by atoms with Crippen LogP contribution in [0.4, 0.5) is 0 Å². The van der Waals surface area contributed by atoms with Gasteiger partial charge < -0.3 is 0 Å². The molecule has 0 unspecified atom stereocenters. The predicted molar refractivity (Wildman–Crippen MR) is 6.44 cm³/mol. The van der Waals surface area contributed by atoms with Gasteiger partial charge in [-0.2, -0.15) is 0 Å². The molecule has 0 amide bonds. The van der Waals surface area contributed by atoms with Crippen molar-refractivity contribution < 1.29 is 27.1 Å². The van der Waals surface area contributed by atoms with Gasteiger partial charge in [-0.1, -0.05) is 0 Å². The van der Waals surface area contributed by atoms with Crippen LogP contribution < -0.4 is 6.94 Å². The molecule has 0 aromatic rings. The van der Waals surface area contributed by atoms with Crippen LogP contribution in [0.1, 0.15) is 0 Å². The second-order valence-corrected chi connectivity index (χ2v) is 1.37. The Morgan fingerprint density at radius 1 is 1.40 bits per heavy atom. The Kier molecular flexibility index (Phi) is 9.45. The summed E-state index contributed by atoms with van der Waals surface area (Å²) in [6.45, 7) is 0. The summed E-state index contributed by atoms with van der Waals surface area (Å²) in [7, 11) is 0. The van der Waals surface area contributed by atoms with Crippen LogP contribution in [0.15, 0.2) is 0 Å². The molecule has 5 heteroatoms. The van der Waals surface area contributed by atoms with Crippen LogP contribution >= 0.6 is 0 Å². The second-order valence-electron chi connectivity index (χ2n) is 0.204. The van der Waals surface area contributed by atoms with Gasteiger partial charge in [-0.3, -0.25) is 0 Å². The van der Waals surface area contributed by atoms with Crippen LogP contribution in [-0.4, -0.2) is 20.4 Å². The third-order valence-corrected chi connectivity index (χ3v) is 0. The van der Waals surface area contributed by atoms with E-state index >= 15 is 0 Å². The third-order valence-electron chi connectivity index (χ3n) is 0. The summed E-state index contributed by atoms with van der Waals surface area (Å²) in [6, 6.07) is 0. The Labute approximate surface area is 47.6 Å². The second kappa shape index (κ2) is 5.03. The van der Waals surface area contributed by atoms with E-state index in [-0.39, 0.29) is 17.1 Å². The first-order valence-electron chi connectivity index (χ1n) is 0.500.